The SMILES string of the molecule is CC[C@H](C)[C@@H]([C@@H](CC(=O)N1CCC[C@H]1[C@H](OC)[C@@H](C)C(=O)N[C@@H](Cc1ccccc1)c1nccs1)OC)N(C)C(=O)[C@@H](NC(=O)C(C)(C)NC(=O)OCc1ccc(NC(=O)[C@H](CCCNC(N)=O)NC(=O)[C@@H](NC(=O)[C@H](COCCOCCOCCOCCOCCOCCNC(=O)OCC2c3ccccc3-c3ccccc32)NC(C)=O)C(C)C)cc1)C(C)C. The van der Waals surface area contributed by atoms with Crippen LogP contribution in [-0.2, 0) is 98.8 Å². The summed E-state index contributed by atoms with van der Waals surface area (Å²) in [6, 6.07) is 25.5. The predicted molar refractivity (Wildman–Crippen MR) is 470 cm³/mol. The molecule has 0 bridgehead atoms. The fourth-order valence-electron chi connectivity index (χ4n) is 15.0. The highest BCUT2D eigenvalue weighted by atomic mass is 32.1. The maximum atomic E-state index is 14.8. The number of methoxy groups -OCH3 is 2. The summed E-state index contributed by atoms with van der Waals surface area (Å²) in [6.45, 7) is 20.4. The Hall–Kier alpha value is -10.2. The summed E-state index contributed by atoms with van der Waals surface area (Å²) < 4.78 is 56.9. The Morgan fingerprint density at radius 1 is 0.616 bits per heavy atom. The predicted octanol–water partition coefficient (Wildman–Crippen LogP) is 7.46. The lowest BCUT2D eigenvalue weighted by Crippen LogP contribution is -2.62. The Bertz CT molecular complexity index is 4160. The van der Waals surface area contributed by atoms with Crippen LogP contribution in [0.25, 0.3) is 11.1 Å². The highest BCUT2D eigenvalue weighted by Gasteiger charge is 2.45. The van der Waals surface area contributed by atoms with Crippen LogP contribution in [0.5, 0.6) is 0 Å². The summed E-state index contributed by atoms with van der Waals surface area (Å²) in [6.07, 6.45) is 1.39. The molecule has 125 heavy (non-hydrogen) atoms. The van der Waals surface area contributed by atoms with E-state index in [1.807, 2.05) is 80.7 Å². The van der Waals surface area contributed by atoms with Gasteiger partial charge in [-0.25, -0.2) is 19.4 Å². The van der Waals surface area contributed by atoms with Crippen molar-refractivity contribution in [3.8, 4) is 11.1 Å². The number of ether oxygens (including phenoxy) is 10. The van der Waals surface area contributed by atoms with E-state index >= 15 is 0 Å². The molecule has 35 heteroatoms. The Labute approximate surface area is 737 Å². The largest absolute Gasteiger partial charge is 0.449 e. The van der Waals surface area contributed by atoms with Crippen LogP contribution in [0.1, 0.15) is 147 Å². The number of aromatic nitrogens is 1. The number of hydrogen-bond acceptors (Lipinski definition) is 23. The van der Waals surface area contributed by atoms with Gasteiger partial charge in [0.2, 0.25) is 47.3 Å². The monoisotopic (exact) mass is 1760 g/mol. The first-order chi connectivity index (χ1) is 60.0. The number of urea groups is 1. The lowest BCUT2D eigenvalue weighted by Gasteiger charge is -2.41. The third kappa shape index (κ3) is 32.9. The van der Waals surface area contributed by atoms with Crippen molar-refractivity contribution in [2.75, 3.05) is 132 Å². The minimum atomic E-state index is -1.62. The van der Waals surface area contributed by atoms with E-state index < -0.39 is 125 Å². The number of amides is 12. The van der Waals surface area contributed by atoms with Crippen molar-refractivity contribution in [1.29, 1.82) is 0 Å². The van der Waals surface area contributed by atoms with Gasteiger partial charge in [-0.1, -0.05) is 146 Å². The number of thiazole rings is 1. The number of carbonyl (C=O) groups excluding carboxylic acids is 11. The van der Waals surface area contributed by atoms with Gasteiger partial charge in [0.25, 0.3) is 0 Å². The molecule has 0 saturated carbocycles. The molecule has 11 N–H and O–H groups in total. The number of nitrogens with zero attached hydrogens (tertiary/aromatic N) is 3. The number of hydrogen-bond donors (Lipinski definition) is 10. The summed E-state index contributed by atoms with van der Waals surface area (Å²) in [5.74, 6) is -6.04. The summed E-state index contributed by atoms with van der Waals surface area (Å²) >= 11 is 1.46. The minimum Gasteiger partial charge on any atom is -0.449 e. The van der Waals surface area contributed by atoms with E-state index in [1.54, 1.807) is 77.2 Å². The van der Waals surface area contributed by atoms with Crippen LogP contribution < -0.4 is 53.6 Å². The molecule has 0 unspecified atom stereocenters. The molecule has 12 amide bonds. The number of anilines is 1. The second-order valence-electron chi connectivity index (χ2n) is 32.3. The Morgan fingerprint density at radius 2 is 1.21 bits per heavy atom. The molecule has 688 valence electrons. The normalized spacial score (nSPS) is 15.5. The number of primary amides is 1. The average Bonchev–Trinajstić information content (AvgIpc) is 1.61. The van der Waals surface area contributed by atoms with Gasteiger partial charge < -0.3 is 111 Å². The van der Waals surface area contributed by atoms with Gasteiger partial charge in [-0.3, -0.25) is 38.4 Å². The number of likely N-dealkylation sites (N-methyl/N-ethyl adjacent to an activating group) is 1. The molecule has 1 aliphatic heterocycles. The van der Waals surface area contributed by atoms with Crippen molar-refractivity contribution in [3.05, 3.63) is 142 Å². The molecule has 7 rings (SSSR count). The van der Waals surface area contributed by atoms with Gasteiger partial charge >= 0.3 is 18.2 Å². The molecule has 1 aliphatic carbocycles. The van der Waals surface area contributed by atoms with E-state index in [0.717, 1.165) is 32.8 Å². The molecule has 4 aromatic carbocycles. The molecular formula is C90H131N13O21S. The first-order valence-corrected chi connectivity index (χ1v) is 43.8. The fraction of sp³-hybridized carbons (Fsp3) is 0.578. The van der Waals surface area contributed by atoms with Crippen molar-refractivity contribution in [2.24, 2.45) is 29.4 Å². The second-order valence-corrected chi connectivity index (χ2v) is 33.2. The average molecular weight is 1760 g/mol. The topological polar surface area (TPSA) is 434 Å². The van der Waals surface area contributed by atoms with E-state index in [1.165, 1.54) is 44.1 Å². The maximum absolute atomic E-state index is 14.8. The maximum Gasteiger partial charge on any atom is 0.408 e. The number of alkyl carbamates (subject to hydrolysis) is 2. The van der Waals surface area contributed by atoms with Gasteiger partial charge in [0.1, 0.15) is 47.9 Å². The van der Waals surface area contributed by atoms with Crippen molar-refractivity contribution in [1.82, 2.24) is 57.3 Å². The van der Waals surface area contributed by atoms with Crippen molar-refractivity contribution < 1.29 is 100 Å². The van der Waals surface area contributed by atoms with E-state index in [0.29, 0.717) is 89.7 Å². The number of rotatable bonds is 56. The molecular weight excluding hydrogens is 1630 g/mol. The molecule has 0 spiro atoms. The van der Waals surface area contributed by atoms with Crippen LogP contribution in [-0.4, -0.2) is 261 Å². The van der Waals surface area contributed by atoms with E-state index in [-0.39, 0.29) is 108 Å². The van der Waals surface area contributed by atoms with Gasteiger partial charge in [0.05, 0.1) is 122 Å². The summed E-state index contributed by atoms with van der Waals surface area (Å²) in [4.78, 5) is 157. The summed E-state index contributed by atoms with van der Waals surface area (Å²) in [5, 5.41) is 27.3. The van der Waals surface area contributed by atoms with Crippen LogP contribution in [0, 0.1) is 23.7 Å². The molecule has 1 aromatic heterocycles. The zero-order chi connectivity index (χ0) is 91.0. The smallest absolute Gasteiger partial charge is 0.408 e. The zero-order valence-electron chi connectivity index (χ0n) is 74.4. The lowest BCUT2D eigenvalue weighted by molar-refractivity contribution is -0.148. The van der Waals surface area contributed by atoms with Crippen molar-refractivity contribution in [3.63, 3.8) is 0 Å². The van der Waals surface area contributed by atoms with Crippen molar-refractivity contribution in [2.45, 2.75) is 187 Å². The van der Waals surface area contributed by atoms with Crippen LogP contribution in [0.15, 0.2) is 115 Å². The lowest BCUT2D eigenvalue weighted by atomic mass is 9.89. The molecule has 5 aromatic rings. The molecule has 34 nitrogen and oxygen atoms in total. The summed E-state index contributed by atoms with van der Waals surface area (Å²) in [5.41, 5.74) is 10.1. The standard InChI is InChI=1S/C90H131N13O21S/c1-14-59(6)78(74(115-12)53-75(105)103-39-23-31-73(103)79(116-13)60(7)80(106)98-71(84-92-38-51-125-84)52-62-24-16-15-17-25-62)102(11)85(110)77(58(4)5)100-86(111)90(9,10)101-89(114)123-54-63-32-34-64(35-33-63)96-81(107)70(30-22-36-93-87(91)112)97-83(109)76(57(2)3)99-82(108)72(95-61(8)104)56-122-50-49-121-48-47-120-46-45-119-44-43-118-42-41-117-40-37-94-88(113)124-55-69-67-28-20-18-26-65(67)66-27-19-21-29-68(66)69/h15-21,24-29,32-35,38,51,57-60,69-74,76-79H,14,22-23,30-31,36-37,39-50,52-56H2,1-13H3,(H,94,113)(H,95,104)(H,96,107)(H,97,109)(H,98,106)(H,99,108)(H,100,111)(H,101,114)(H3,91,93,112)/t59-,60+,70-,71-,72-,73-,74+,76-,77-,78-,79+/m0/s1. The molecule has 1 saturated heterocycles. The number of nitrogens with two attached hydrogens (primary N) is 1. The summed E-state index contributed by atoms with van der Waals surface area (Å²) in [7, 11) is 4.68. The molecule has 11 atom stereocenters. The number of carbonyl (C=O) groups is 11. The first-order valence-electron chi connectivity index (χ1n) is 42.9. The van der Waals surface area contributed by atoms with Crippen molar-refractivity contribution >= 4 is 82.5 Å². The van der Waals surface area contributed by atoms with Crippen LogP contribution in [0.4, 0.5) is 20.1 Å². The van der Waals surface area contributed by atoms with Crippen LogP contribution >= 0.6 is 11.3 Å². The number of likely N-dealkylation sites (tertiary alicyclic amines) is 1. The van der Waals surface area contributed by atoms with Crippen LogP contribution in [0.2, 0.25) is 0 Å². The Morgan fingerprint density at radius 3 is 1.77 bits per heavy atom. The fourth-order valence-corrected chi connectivity index (χ4v) is 15.7. The zero-order valence-corrected chi connectivity index (χ0v) is 75.2. The van der Waals surface area contributed by atoms with Crippen LogP contribution in [0.3, 0.4) is 0 Å². The van der Waals surface area contributed by atoms with Gasteiger partial charge in [-0.15, -0.1) is 11.3 Å². The third-order valence-electron chi connectivity index (χ3n) is 21.9. The first kappa shape index (κ1) is 102. The molecule has 1 fully saturated rings. The quantitative estimate of drug-likeness (QED) is 0.0169. The number of fused-ring (bicyclic) bond motifs is 3. The number of nitrogens with one attached hydrogen (secondary N) is 9. The highest BCUT2D eigenvalue weighted by Crippen LogP contribution is 2.45. The van der Waals surface area contributed by atoms with Gasteiger partial charge in [0, 0.05) is 71.0 Å². The third-order valence-corrected chi connectivity index (χ3v) is 22.8. The van der Waals surface area contributed by atoms with Gasteiger partial charge in [-0.2, -0.15) is 0 Å². The molecule has 0 radical (unpaired) electrons. The Balaban J connectivity index is 0.792. The van der Waals surface area contributed by atoms with Gasteiger partial charge in [-0.05, 0) is 109 Å². The van der Waals surface area contributed by atoms with E-state index in [4.69, 9.17) is 53.1 Å². The van der Waals surface area contributed by atoms with E-state index in [2.05, 4.69) is 77.1 Å². The van der Waals surface area contributed by atoms with Gasteiger partial charge in [0.15, 0.2) is 0 Å². The second kappa shape index (κ2) is 53.3. The molecule has 2 aliphatic rings. The highest BCUT2D eigenvalue weighted by molar-refractivity contribution is 7.09. The van der Waals surface area contributed by atoms with E-state index in [9.17, 15) is 52.7 Å². The minimum absolute atomic E-state index is 0.0155. The Kier molecular flexibility index (Phi) is 43.4. The number of benzene rings is 4. The molecule has 2 heterocycles.